The smallest absolute Gasteiger partial charge is 0.421 e. The number of nitrogens with one attached hydrogen (secondary N) is 2. The first-order valence-electron chi connectivity index (χ1n) is 15.8. The Morgan fingerprint density at radius 1 is 1.00 bits per heavy atom. The molecule has 3 aliphatic rings. The fraction of sp³-hybridized carbons (Fsp3) is 0.594. The van der Waals surface area contributed by atoms with Crippen molar-refractivity contribution < 1.29 is 45.1 Å². The molecule has 0 unspecified atom stereocenters. The van der Waals surface area contributed by atoms with Gasteiger partial charge >= 0.3 is 12.2 Å². The van der Waals surface area contributed by atoms with E-state index in [0.29, 0.717) is 4.90 Å². The number of halogens is 7. The van der Waals surface area contributed by atoms with Crippen LogP contribution in [0.4, 0.5) is 47.0 Å². The van der Waals surface area contributed by atoms with Crippen LogP contribution in [-0.4, -0.2) is 86.2 Å². The number of amides is 3. The quantitative estimate of drug-likeness (QED) is 0.372. The first-order chi connectivity index (χ1) is 22.6. The molecule has 0 bridgehead atoms. The minimum Gasteiger partial charge on any atom is -0.497 e. The van der Waals surface area contributed by atoms with E-state index in [9.17, 15) is 31.5 Å². The first-order valence-corrected chi connectivity index (χ1v) is 15.8. The van der Waals surface area contributed by atoms with Crippen molar-refractivity contribution in [1.29, 1.82) is 0 Å². The third-order valence-electron chi connectivity index (χ3n) is 9.87. The van der Waals surface area contributed by atoms with Gasteiger partial charge in [0.2, 0.25) is 6.43 Å². The molecular formula is C32H39F7N6O3. The number of carbonyl (C=O) groups is 2. The lowest BCUT2D eigenvalue weighted by Gasteiger charge is -2.44. The normalized spacial score (nSPS) is 27.0. The molecule has 1 aromatic carbocycles. The molecular weight excluding hydrogens is 649 g/mol. The zero-order valence-corrected chi connectivity index (χ0v) is 27.0. The Bertz CT molecular complexity index is 1470. The molecule has 2 saturated heterocycles. The van der Waals surface area contributed by atoms with Gasteiger partial charge < -0.3 is 20.3 Å². The summed E-state index contributed by atoms with van der Waals surface area (Å²) in [5.74, 6) is -6.49. The van der Waals surface area contributed by atoms with Gasteiger partial charge in [0.05, 0.1) is 12.8 Å². The van der Waals surface area contributed by atoms with Crippen LogP contribution in [0.1, 0.15) is 56.6 Å². The number of urea groups is 1. The number of carbonyl (C=O) groups excluding carboxylic acids is 2. The van der Waals surface area contributed by atoms with Gasteiger partial charge in [0, 0.05) is 73.5 Å². The molecule has 2 aromatic rings. The number of benzene rings is 1. The Morgan fingerprint density at radius 3 is 2.15 bits per heavy atom. The Hall–Kier alpha value is -3.82. The van der Waals surface area contributed by atoms with Gasteiger partial charge in [-0.15, -0.1) is 0 Å². The molecule has 0 spiro atoms. The third kappa shape index (κ3) is 7.13. The maximum Gasteiger partial charge on any atom is 0.421 e. The summed E-state index contributed by atoms with van der Waals surface area (Å²) in [6.45, 7) is 3.65. The van der Waals surface area contributed by atoms with Gasteiger partial charge in [-0.1, -0.05) is 0 Å². The lowest BCUT2D eigenvalue weighted by Crippen LogP contribution is -2.55. The lowest BCUT2D eigenvalue weighted by molar-refractivity contribution is -0.137. The van der Waals surface area contributed by atoms with Crippen LogP contribution in [0, 0.1) is 17.6 Å². The van der Waals surface area contributed by atoms with Crippen LogP contribution in [-0.2, 0) is 11.0 Å². The van der Waals surface area contributed by atoms with Gasteiger partial charge in [0.1, 0.15) is 34.8 Å². The summed E-state index contributed by atoms with van der Waals surface area (Å²) < 4.78 is 107. The van der Waals surface area contributed by atoms with E-state index in [0.717, 1.165) is 18.3 Å². The number of nitrogens with zero attached hydrogens (tertiary/aromatic N) is 4. The summed E-state index contributed by atoms with van der Waals surface area (Å²) >= 11 is 0. The van der Waals surface area contributed by atoms with Crippen LogP contribution in [0.2, 0.25) is 0 Å². The van der Waals surface area contributed by atoms with E-state index >= 15 is 8.78 Å². The van der Waals surface area contributed by atoms with Crippen molar-refractivity contribution in [2.24, 2.45) is 5.92 Å². The maximum absolute atomic E-state index is 15.4. The monoisotopic (exact) mass is 688 g/mol. The number of hydrogen-bond donors (Lipinski definition) is 2. The molecule has 3 heterocycles. The Kier molecular flexibility index (Phi) is 10.3. The van der Waals surface area contributed by atoms with Crippen LogP contribution in [0.25, 0.3) is 0 Å². The molecule has 2 N–H and O–H groups in total. The van der Waals surface area contributed by atoms with Crippen LogP contribution in [0.5, 0.6) is 5.75 Å². The summed E-state index contributed by atoms with van der Waals surface area (Å²) in [6, 6.07) is -0.346. The third-order valence-corrected chi connectivity index (χ3v) is 9.87. The number of alkyl halides is 5. The summed E-state index contributed by atoms with van der Waals surface area (Å²) in [6.07, 6.45) is -5.52. The number of anilines is 2. The molecule has 2 aliphatic heterocycles. The highest BCUT2D eigenvalue weighted by Gasteiger charge is 2.49. The van der Waals surface area contributed by atoms with Crippen molar-refractivity contribution in [3.8, 4) is 5.75 Å². The van der Waals surface area contributed by atoms with E-state index < -0.39 is 83.6 Å². The molecule has 1 aliphatic carbocycles. The molecule has 3 fully saturated rings. The number of rotatable bonds is 7. The fourth-order valence-electron chi connectivity index (χ4n) is 7.04. The number of ether oxygens (including phenoxy) is 1. The van der Waals surface area contributed by atoms with Crippen molar-refractivity contribution in [2.45, 2.75) is 82.2 Å². The first kappa shape index (κ1) is 35.5. The van der Waals surface area contributed by atoms with Crippen molar-refractivity contribution in [1.82, 2.24) is 20.5 Å². The van der Waals surface area contributed by atoms with E-state index in [4.69, 9.17) is 4.74 Å². The number of piperazine rings is 1. The SMILES string of the molecule is COc1cc(F)c([C@@H]2CN(c3nccc(N4C[C@@H](C)N(C)[C@@H](C)C4)c3C(F)(F)F)C(=O)[C@H]2NC(=O)N[C@H]2CC[C@H](C(F)F)CC2)c(F)c1. The Morgan fingerprint density at radius 2 is 1.60 bits per heavy atom. The molecule has 48 heavy (non-hydrogen) atoms. The molecule has 5 rings (SSSR count). The Balaban J connectivity index is 1.50. The van der Waals surface area contributed by atoms with Crippen LogP contribution >= 0.6 is 0 Å². The maximum atomic E-state index is 15.4. The lowest BCUT2D eigenvalue weighted by atomic mass is 9.86. The minimum absolute atomic E-state index is 0.0946. The second-order valence-electron chi connectivity index (χ2n) is 12.9. The van der Waals surface area contributed by atoms with Gasteiger partial charge in [0.25, 0.3) is 5.91 Å². The van der Waals surface area contributed by atoms with E-state index in [2.05, 4.69) is 15.6 Å². The zero-order chi connectivity index (χ0) is 35.1. The van der Waals surface area contributed by atoms with Gasteiger partial charge in [-0.2, -0.15) is 13.2 Å². The summed E-state index contributed by atoms with van der Waals surface area (Å²) in [5, 5.41) is 5.03. The highest BCUT2D eigenvalue weighted by molar-refractivity contribution is 6.03. The van der Waals surface area contributed by atoms with Crippen LogP contribution < -0.4 is 25.2 Å². The molecule has 1 saturated carbocycles. The second-order valence-corrected chi connectivity index (χ2v) is 12.9. The number of likely N-dealkylation sites (N-methyl/N-ethyl adjacent to an activating group) is 1. The predicted octanol–water partition coefficient (Wildman–Crippen LogP) is 5.54. The fourth-order valence-corrected chi connectivity index (χ4v) is 7.04. The Labute approximate surface area is 273 Å². The highest BCUT2D eigenvalue weighted by Crippen LogP contribution is 2.45. The van der Waals surface area contributed by atoms with E-state index in [1.165, 1.54) is 13.2 Å². The summed E-state index contributed by atoms with van der Waals surface area (Å²) in [5.41, 5.74) is -2.00. The van der Waals surface area contributed by atoms with Gasteiger partial charge in [-0.05, 0) is 52.6 Å². The van der Waals surface area contributed by atoms with Gasteiger partial charge in [-0.3, -0.25) is 14.6 Å². The molecule has 3 amide bonds. The minimum atomic E-state index is -4.99. The van der Waals surface area contributed by atoms with Crippen molar-refractivity contribution in [3.63, 3.8) is 0 Å². The van der Waals surface area contributed by atoms with Gasteiger partial charge in [-0.25, -0.2) is 27.3 Å². The number of methoxy groups -OCH3 is 1. The van der Waals surface area contributed by atoms with Crippen molar-refractivity contribution in [3.05, 3.63) is 47.2 Å². The number of hydrogen-bond acceptors (Lipinski definition) is 6. The molecule has 4 atom stereocenters. The standard InChI is InChI=1S/C32H39F7N6O3/c1-16-13-44(14-17(2)43(16)3)24-9-10-40-29(26(24)32(37,38)39)45-15-21(25-22(33)11-20(48-4)12-23(25)34)27(30(45)46)42-31(47)41-19-7-5-18(6-8-19)28(35)36/h9-12,16-19,21,27-28H,5-8,13-15H2,1-4H3,(H2,41,42,47)/t16-,17+,18-,19-,21-,27-/m0/s1. The van der Waals surface area contributed by atoms with E-state index in [1.54, 1.807) is 4.90 Å². The number of aromatic nitrogens is 1. The molecule has 0 radical (unpaired) electrons. The van der Waals surface area contributed by atoms with Crippen LogP contribution in [0.3, 0.4) is 0 Å². The average molecular weight is 689 g/mol. The van der Waals surface area contributed by atoms with Crippen molar-refractivity contribution >= 4 is 23.4 Å². The molecule has 1 aromatic heterocycles. The second kappa shape index (κ2) is 14.0. The molecule has 9 nitrogen and oxygen atoms in total. The summed E-state index contributed by atoms with van der Waals surface area (Å²) in [4.78, 5) is 35.4. The van der Waals surface area contributed by atoms with Crippen molar-refractivity contribution in [2.75, 3.05) is 43.6 Å². The average Bonchev–Trinajstić information content (AvgIpc) is 3.33. The van der Waals surface area contributed by atoms with E-state index in [-0.39, 0.29) is 62.3 Å². The predicted molar refractivity (Wildman–Crippen MR) is 163 cm³/mol. The van der Waals surface area contributed by atoms with Gasteiger partial charge in [0.15, 0.2) is 0 Å². The molecule has 264 valence electrons. The zero-order valence-electron chi connectivity index (χ0n) is 27.0. The van der Waals surface area contributed by atoms with Crippen LogP contribution in [0.15, 0.2) is 24.4 Å². The summed E-state index contributed by atoms with van der Waals surface area (Å²) in [7, 11) is 3.07. The number of pyridine rings is 1. The van der Waals surface area contributed by atoms with E-state index in [1.807, 2.05) is 25.8 Å². The highest BCUT2D eigenvalue weighted by atomic mass is 19.4. The largest absolute Gasteiger partial charge is 0.497 e. The molecule has 16 heteroatoms. The topological polar surface area (TPSA) is 90.0 Å².